The number of imidazole rings is 1. The molecule has 136 valence electrons. The van der Waals surface area contributed by atoms with E-state index in [0.717, 1.165) is 0 Å². The summed E-state index contributed by atoms with van der Waals surface area (Å²) in [5.41, 5.74) is 0. The van der Waals surface area contributed by atoms with Crippen molar-refractivity contribution in [1.29, 1.82) is 0 Å². The molecular formula is C13H22F4N2O3S. The van der Waals surface area contributed by atoms with Crippen molar-refractivity contribution in [2.75, 3.05) is 0 Å². The van der Waals surface area contributed by atoms with Gasteiger partial charge in [0.2, 0.25) is 6.33 Å². The molecule has 0 atom stereocenters. The van der Waals surface area contributed by atoms with Crippen LogP contribution in [0.1, 0.15) is 39.0 Å². The summed E-state index contributed by atoms with van der Waals surface area (Å²) in [4.78, 5) is 0. The predicted molar refractivity (Wildman–Crippen MR) is 75.0 cm³/mol. The van der Waals surface area contributed by atoms with Crippen LogP contribution >= 0.6 is 0 Å². The minimum absolute atomic E-state index is 1.17. The molecule has 1 heterocycles. The third-order valence-electron chi connectivity index (χ3n) is 2.93. The summed E-state index contributed by atoms with van der Waals surface area (Å²) in [6.45, 7) is 3.43. The van der Waals surface area contributed by atoms with Crippen LogP contribution in [0.3, 0.4) is 0 Å². The summed E-state index contributed by atoms with van der Waals surface area (Å²) in [5.74, 6) is 0. The second-order valence-corrected chi connectivity index (χ2v) is 6.50. The molecule has 0 bridgehead atoms. The molecule has 0 radical (unpaired) electrons. The van der Waals surface area contributed by atoms with Crippen LogP contribution in [0.2, 0.25) is 0 Å². The van der Waals surface area contributed by atoms with Crippen LogP contribution < -0.4 is 4.57 Å². The Bertz CT molecular complexity index is 547. The lowest BCUT2D eigenvalue weighted by Gasteiger charge is -2.17. The van der Waals surface area contributed by atoms with Gasteiger partial charge < -0.3 is 4.55 Å². The molecule has 10 heteroatoms. The van der Waals surface area contributed by atoms with E-state index in [1.807, 2.05) is 0 Å². The first-order valence-electron chi connectivity index (χ1n) is 7.14. The maximum atomic E-state index is 11.4. The van der Waals surface area contributed by atoms with Crippen molar-refractivity contribution < 1.29 is 35.1 Å². The summed E-state index contributed by atoms with van der Waals surface area (Å²) >= 11 is 0. The van der Waals surface area contributed by atoms with Gasteiger partial charge in [0.15, 0.2) is 10.1 Å². The topological polar surface area (TPSA) is 66.0 Å². The van der Waals surface area contributed by atoms with Gasteiger partial charge in [-0.15, -0.1) is 0 Å². The van der Waals surface area contributed by atoms with E-state index in [2.05, 4.69) is 41.8 Å². The number of halogens is 4. The van der Waals surface area contributed by atoms with Crippen molar-refractivity contribution in [2.45, 2.75) is 57.3 Å². The first-order chi connectivity index (χ1) is 10.5. The van der Waals surface area contributed by atoms with Gasteiger partial charge in [-0.05, 0) is 12.8 Å². The maximum absolute atomic E-state index is 11.4. The van der Waals surface area contributed by atoms with E-state index < -0.39 is 21.8 Å². The molecule has 0 unspecified atom stereocenters. The van der Waals surface area contributed by atoms with Crippen LogP contribution in [0.4, 0.5) is 17.6 Å². The van der Waals surface area contributed by atoms with Gasteiger partial charge in [-0.1, -0.05) is 26.2 Å². The minimum atomic E-state index is -6.23. The zero-order chi connectivity index (χ0) is 18.1. The molecule has 1 aromatic heterocycles. The number of aromatic nitrogens is 2. The van der Waals surface area contributed by atoms with Crippen LogP contribution in [0, 0.1) is 0 Å². The van der Waals surface area contributed by atoms with Crippen LogP contribution in [0.25, 0.3) is 0 Å². The average Bonchev–Trinajstić information content (AvgIpc) is 2.83. The standard InChI is InChI=1S/C11H21N2.C2H2F4O3S/c1-3-4-5-6-7-8-13-10-9-12(2)11-13;3-1(4)2(5,6)10(7,8)9/h9-11H,3-8H2,1-2H3;1H,(H,7,8,9)/q+1;/p-1. The number of unbranched alkanes of at least 4 members (excludes halogenated alkanes) is 4. The number of nitrogens with zero attached hydrogens (tertiary/aromatic N) is 2. The Morgan fingerprint density at radius 1 is 1.22 bits per heavy atom. The second-order valence-electron chi connectivity index (χ2n) is 5.05. The fourth-order valence-corrected chi connectivity index (χ4v) is 1.86. The summed E-state index contributed by atoms with van der Waals surface area (Å²) < 4.78 is 77.0. The van der Waals surface area contributed by atoms with Gasteiger partial charge in [0.1, 0.15) is 12.4 Å². The maximum Gasteiger partial charge on any atom is 0.393 e. The largest absolute Gasteiger partial charge is 0.743 e. The SMILES string of the molecule is CCCCCCCn1cc[n+](C)c1.O=S(=O)([O-])C(F)(F)C(F)F. The lowest BCUT2D eigenvalue weighted by molar-refractivity contribution is -0.671. The Labute approximate surface area is 133 Å². The first kappa shape index (κ1) is 21.8. The highest BCUT2D eigenvalue weighted by Gasteiger charge is 2.48. The molecule has 0 spiro atoms. The fraction of sp³-hybridized carbons (Fsp3) is 0.769. The van der Waals surface area contributed by atoms with Crippen molar-refractivity contribution >= 4 is 10.1 Å². The molecule has 0 fully saturated rings. The Morgan fingerprint density at radius 2 is 1.78 bits per heavy atom. The molecule has 1 aromatic rings. The van der Waals surface area contributed by atoms with E-state index >= 15 is 0 Å². The van der Waals surface area contributed by atoms with E-state index in [4.69, 9.17) is 0 Å². The Morgan fingerprint density at radius 3 is 2.13 bits per heavy atom. The molecule has 0 saturated heterocycles. The summed E-state index contributed by atoms with van der Waals surface area (Å²) in [7, 11) is -4.17. The lowest BCUT2D eigenvalue weighted by Crippen LogP contribution is -2.36. The smallest absolute Gasteiger partial charge is 0.393 e. The number of aryl methyl sites for hydroxylation is 2. The van der Waals surface area contributed by atoms with Crippen molar-refractivity contribution in [3.8, 4) is 0 Å². The molecule has 1 rings (SSSR count). The van der Waals surface area contributed by atoms with Crippen molar-refractivity contribution in [2.24, 2.45) is 7.05 Å². The second kappa shape index (κ2) is 9.86. The van der Waals surface area contributed by atoms with Gasteiger partial charge in [0.05, 0.1) is 13.6 Å². The zero-order valence-electron chi connectivity index (χ0n) is 13.1. The average molecular weight is 362 g/mol. The molecule has 0 N–H and O–H groups in total. The normalized spacial score (nSPS) is 12.2. The molecule has 5 nitrogen and oxygen atoms in total. The molecular weight excluding hydrogens is 340 g/mol. The fourth-order valence-electron chi connectivity index (χ4n) is 1.64. The third kappa shape index (κ3) is 8.31. The van der Waals surface area contributed by atoms with Crippen LogP contribution in [-0.2, 0) is 23.7 Å². The van der Waals surface area contributed by atoms with Gasteiger partial charge in [-0.3, -0.25) is 0 Å². The molecule has 0 aliphatic rings. The number of rotatable bonds is 8. The van der Waals surface area contributed by atoms with Crippen LogP contribution in [0.5, 0.6) is 0 Å². The van der Waals surface area contributed by atoms with Gasteiger partial charge in [0.25, 0.3) is 0 Å². The lowest BCUT2D eigenvalue weighted by atomic mass is 10.1. The van der Waals surface area contributed by atoms with E-state index in [1.165, 1.54) is 38.6 Å². The van der Waals surface area contributed by atoms with Crippen molar-refractivity contribution in [3.63, 3.8) is 0 Å². The van der Waals surface area contributed by atoms with Crippen LogP contribution in [-0.4, -0.2) is 29.2 Å². The quantitative estimate of drug-likeness (QED) is 0.309. The Kier molecular flexibility index (Phi) is 9.37. The number of hydrogen-bond donors (Lipinski definition) is 0. The Balaban J connectivity index is 0.000000438. The van der Waals surface area contributed by atoms with Gasteiger partial charge >= 0.3 is 11.7 Å². The zero-order valence-corrected chi connectivity index (χ0v) is 13.9. The third-order valence-corrected chi connectivity index (χ3v) is 3.78. The molecule has 0 aromatic carbocycles. The molecule has 23 heavy (non-hydrogen) atoms. The molecule has 0 amide bonds. The Hall–Kier alpha value is -1.16. The highest BCUT2D eigenvalue weighted by Crippen LogP contribution is 2.27. The number of hydrogen-bond acceptors (Lipinski definition) is 3. The highest BCUT2D eigenvalue weighted by atomic mass is 32.2. The van der Waals surface area contributed by atoms with Gasteiger partial charge in [0, 0.05) is 0 Å². The van der Waals surface area contributed by atoms with Crippen LogP contribution in [0.15, 0.2) is 18.7 Å². The van der Waals surface area contributed by atoms with Gasteiger partial charge in [-0.2, -0.15) is 8.78 Å². The summed E-state index contributed by atoms with van der Waals surface area (Å²) in [6.07, 6.45) is 8.69. The van der Waals surface area contributed by atoms with Gasteiger partial charge in [-0.25, -0.2) is 26.3 Å². The van der Waals surface area contributed by atoms with Crippen molar-refractivity contribution in [3.05, 3.63) is 18.7 Å². The van der Waals surface area contributed by atoms with E-state index in [1.54, 1.807) is 0 Å². The first-order valence-corrected chi connectivity index (χ1v) is 8.55. The van der Waals surface area contributed by atoms with E-state index in [0.29, 0.717) is 0 Å². The summed E-state index contributed by atoms with van der Waals surface area (Å²) in [5, 5.41) is -5.48. The predicted octanol–water partition coefficient (Wildman–Crippen LogP) is 2.67. The minimum Gasteiger partial charge on any atom is -0.743 e. The summed E-state index contributed by atoms with van der Waals surface area (Å²) in [6, 6.07) is 0. The highest BCUT2D eigenvalue weighted by molar-refractivity contribution is 7.86. The molecule has 0 aliphatic carbocycles. The number of alkyl halides is 4. The monoisotopic (exact) mass is 362 g/mol. The van der Waals surface area contributed by atoms with E-state index in [-0.39, 0.29) is 0 Å². The van der Waals surface area contributed by atoms with E-state index in [9.17, 15) is 30.5 Å². The molecule has 0 saturated carbocycles. The van der Waals surface area contributed by atoms with Crippen molar-refractivity contribution in [1.82, 2.24) is 4.57 Å². The molecule has 0 aliphatic heterocycles.